The third-order valence-corrected chi connectivity index (χ3v) is 3.78. The van der Waals surface area contributed by atoms with Gasteiger partial charge in [-0.15, -0.1) is 0 Å². The molecule has 1 rings (SSSR count). The van der Waals surface area contributed by atoms with Crippen molar-refractivity contribution in [2.24, 2.45) is 0 Å². The van der Waals surface area contributed by atoms with Crippen LogP contribution in [0, 0.1) is 0 Å². The summed E-state index contributed by atoms with van der Waals surface area (Å²) in [4.78, 5) is 11.6. The van der Waals surface area contributed by atoms with Gasteiger partial charge in [0.25, 0.3) is 0 Å². The van der Waals surface area contributed by atoms with Crippen molar-refractivity contribution in [3.63, 3.8) is 0 Å². The second-order valence-corrected chi connectivity index (χ2v) is 5.81. The molecule has 1 saturated heterocycles. The Labute approximate surface area is 115 Å². The molecule has 0 radical (unpaired) electrons. The standard InChI is InChI=1S/C13H26N2O2S/c1-11(6-10-18-2)15-13(16)5-9-17-12-3-7-14-8-4-12/h11-12,14H,3-10H2,1-2H3,(H,15,16). The summed E-state index contributed by atoms with van der Waals surface area (Å²) in [5.74, 6) is 1.20. The topological polar surface area (TPSA) is 50.4 Å². The second kappa shape index (κ2) is 9.64. The van der Waals surface area contributed by atoms with Crippen molar-refractivity contribution in [3.8, 4) is 0 Å². The number of carbonyl (C=O) groups is 1. The average Bonchev–Trinajstić information content (AvgIpc) is 2.37. The Morgan fingerprint density at radius 2 is 2.22 bits per heavy atom. The number of amides is 1. The molecule has 1 atom stereocenters. The summed E-state index contributed by atoms with van der Waals surface area (Å²) in [6.45, 7) is 4.67. The Morgan fingerprint density at radius 3 is 2.89 bits per heavy atom. The fraction of sp³-hybridized carbons (Fsp3) is 0.923. The lowest BCUT2D eigenvalue weighted by atomic mass is 10.1. The average molecular weight is 274 g/mol. The number of carbonyl (C=O) groups excluding carboxylic acids is 1. The molecule has 0 aromatic carbocycles. The molecule has 4 nitrogen and oxygen atoms in total. The van der Waals surface area contributed by atoms with Crippen molar-refractivity contribution in [2.45, 2.75) is 44.8 Å². The van der Waals surface area contributed by atoms with Gasteiger partial charge >= 0.3 is 0 Å². The molecule has 0 spiro atoms. The Balaban J connectivity index is 2.01. The molecule has 0 aromatic rings. The van der Waals surface area contributed by atoms with Crippen LogP contribution in [0.4, 0.5) is 0 Å². The van der Waals surface area contributed by atoms with Gasteiger partial charge in [0, 0.05) is 12.5 Å². The molecule has 1 amide bonds. The first-order valence-electron chi connectivity index (χ1n) is 6.83. The van der Waals surface area contributed by atoms with Crippen LogP contribution in [0.5, 0.6) is 0 Å². The van der Waals surface area contributed by atoms with Crippen LogP contribution < -0.4 is 10.6 Å². The Hall–Kier alpha value is -0.260. The largest absolute Gasteiger partial charge is 0.378 e. The SMILES string of the molecule is CSCCC(C)NC(=O)CCOC1CCNCC1. The zero-order valence-electron chi connectivity index (χ0n) is 11.5. The van der Waals surface area contributed by atoms with Crippen molar-refractivity contribution in [1.29, 1.82) is 0 Å². The number of thioether (sulfide) groups is 1. The molecule has 106 valence electrons. The summed E-state index contributed by atoms with van der Waals surface area (Å²) in [6.07, 6.45) is 6.06. The van der Waals surface area contributed by atoms with Crippen LogP contribution in [0.3, 0.4) is 0 Å². The van der Waals surface area contributed by atoms with Crippen LogP contribution in [0.15, 0.2) is 0 Å². The van der Waals surface area contributed by atoms with E-state index in [-0.39, 0.29) is 11.9 Å². The monoisotopic (exact) mass is 274 g/mol. The van der Waals surface area contributed by atoms with Crippen molar-refractivity contribution in [3.05, 3.63) is 0 Å². The predicted octanol–water partition coefficient (Wildman–Crippen LogP) is 1.40. The van der Waals surface area contributed by atoms with Gasteiger partial charge in [-0.2, -0.15) is 11.8 Å². The highest BCUT2D eigenvalue weighted by Crippen LogP contribution is 2.07. The number of rotatable bonds is 8. The van der Waals surface area contributed by atoms with Crippen LogP contribution in [0.1, 0.15) is 32.6 Å². The lowest BCUT2D eigenvalue weighted by Gasteiger charge is -2.23. The van der Waals surface area contributed by atoms with Crippen LogP contribution in [-0.2, 0) is 9.53 Å². The fourth-order valence-electron chi connectivity index (χ4n) is 1.99. The molecule has 0 aromatic heterocycles. The Morgan fingerprint density at radius 1 is 1.50 bits per heavy atom. The van der Waals surface area contributed by atoms with Gasteiger partial charge in [0.15, 0.2) is 0 Å². The van der Waals surface area contributed by atoms with E-state index in [1.807, 2.05) is 11.8 Å². The molecule has 0 aliphatic carbocycles. The summed E-state index contributed by atoms with van der Waals surface area (Å²) < 4.78 is 5.71. The van der Waals surface area contributed by atoms with E-state index in [1.165, 1.54) is 0 Å². The summed E-state index contributed by atoms with van der Waals surface area (Å²) >= 11 is 1.81. The summed E-state index contributed by atoms with van der Waals surface area (Å²) in [5.41, 5.74) is 0. The molecule has 1 unspecified atom stereocenters. The van der Waals surface area contributed by atoms with E-state index in [9.17, 15) is 4.79 Å². The van der Waals surface area contributed by atoms with Gasteiger partial charge in [-0.3, -0.25) is 4.79 Å². The quantitative estimate of drug-likeness (QED) is 0.702. The number of hydrogen-bond acceptors (Lipinski definition) is 4. The van der Waals surface area contributed by atoms with Gasteiger partial charge in [-0.25, -0.2) is 0 Å². The molecule has 1 heterocycles. The molecule has 18 heavy (non-hydrogen) atoms. The molecule has 2 N–H and O–H groups in total. The minimum atomic E-state index is 0.109. The first-order valence-corrected chi connectivity index (χ1v) is 8.22. The molecular weight excluding hydrogens is 248 g/mol. The van der Waals surface area contributed by atoms with Gasteiger partial charge in [0.2, 0.25) is 5.91 Å². The summed E-state index contributed by atoms with van der Waals surface area (Å²) in [7, 11) is 0. The third kappa shape index (κ3) is 7.24. The minimum absolute atomic E-state index is 0.109. The maximum atomic E-state index is 11.6. The molecule has 1 fully saturated rings. The highest BCUT2D eigenvalue weighted by molar-refractivity contribution is 7.98. The normalized spacial score (nSPS) is 18.6. The highest BCUT2D eigenvalue weighted by Gasteiger charge is 2.14. The highest BCUT2D eigenvalue weighted by atomic mass is 32.2. The lowest BCUT2D eigenvalue weighted by molar-refractivity contribution is -0.123. The Kier molecular flexibility index (Phi) is 8.46. The summed E-state index contributed by atoms with van der Waals surface area (Å²) in [6, 6.07) is 0.267. The minimum Gasteiger partial charge on any atom is -0.378 e. The van der Waals surface area contributed by atoms with Gasteiger partial charge < -0.3 is 15.4 Å². The Bertz CT molecular complexity index is 233. The van der Waals surface area contributed by atoms with E-state index < -0.39 is 0 Å². The van der Waals surface area contributed by atoms with Gasteiger partial charge in [-0.05, 0) is 51.3 Å². The molecule has 1 aliphatic heterocycles. The first kappa shape index (κ1) is 15.8. The van der Waals surface area contributed by atoms with Crippen LogP contribution in [-0.4, -0.2) is 49.8 Å². The lowest BCUT2D eigenvalue weighted by Crippen LogP contribution is -2.35. The first-order chi connectivity index (χ1) is 8.72. The van der Waals surface area contributed by atoms with Crippen molar-refractivity contribution >= 4 is 17.7 Å². The fourth-order valence-corrected chi connectivity index (χ4v) is 2.58. The van der Waals surface area contributed by atoms with E-state index >= 15 is 0 Å². The van der Waals surface area contributed by atoms with Gasteiger partial charge in [0.05, 0.1) is 12.7 Å². The van der Waals surface area contributed by atoms with Crippen LogP contribution in [0.2, 0.25) is 0 Å². The van der Waals surface area contributed by atoms with E-state index in [4.69, 9.17) is 4.74 Å². The third-order valence-electron chi connectivity index (χ3n) is 3.13. The maximum Gasteiger partial charge on any atom is 0.222 e. The number of hydrogen-bond donors (Lipinski definition) is 2. The molecule has 1 aliphatic rings. The summed E-state index contributed by atoms with van der Waals surface area (Å²) in [5, 5.41) is 6.31. The van der Waals surface area contributed by atoms with E-state index in [0.29, 0.717) is 19.1 Å². The molecule has 0 saturated carbocycles. The smallest absolute Gasteiger partial charge is 0.222 e. The van der Waals surface area contributed by atoms with Crippen LogP contribution in [0.25, 0.3) is 0 Å². The zero-order chi connectivity index (χ0) is 13.2. The maximum absolute atomic E-state index is 11.6. The predicted molar refractivity (Wildman–Crippen MR) is 77.1 cm³/mol. The zero-order valence-corrected chi connectivity index (χ0v) is 12.4. The van der Waals surface area contributed by atoms with Crippen molar-refractivity contribution in [1.82, 2.24) is 10.6 Å². The molecule has 5 heteroatoms. The van der Waals surface area contributed by atoms with E-state index in [0.717, 1.165) is 38.1 Å². The number of piperidine rings is 1. The van der Waals surface area contributed by atoms with E-state index in [2.05, 4.69) is 23.8 Å². The van der Waals surface area contributed by atoms with Crippen molar-refractivity contribution < 1.29 is 9.53 Å². The molecular formula is C13H26N2O2S. The van der Waals surface area contributed by atoms with Crippen LogP contribution >= 0.6 is 11.8 Å². The second-order valence-electron chi connectivity index (χ2n) is 4.82. The number of ether oxygens (including phenoxy) is 1. The number of nitrogens with one attached hydrogen (secondary N) is 2. The van der Waals surface area contributed by atoms with Gasteiger partial charge in [-0.1, -0.05) is 0 Å². The molecule has 0 bridgehead atoms. The van der Waals surface area contributed by atoms with E-state index in [1.54, 1.807) is 0 Å². The van der Waals surface area contributed by atoms with Gasteiger partial charge in [0.1, 0.15) is 0 Å². The van der Waals surface area contributed by atoms with Crippen molar-refractivity contribution in [2.75, 3.05) is 31.7 Å².